The first-order chi connectivity index (χ1) is 4.88. The highest BCUT2D eigenvalue weighted by Gasteiger charge is 1.91. The first kappa shape index (κ1) is 6.74. The van der Waals surface area contributed by atoms with Gasteiger partial charge in [-0.1, -0.05) is 6.58 Å². The fourth-order valence-corrected chi connectivity index (χ4v) is 0.700. The normalized spacial score (nSPS) is 10.5. The summed E-state index contributed by atoms with van der Waals surface area (Å²) in [6.45, 7) is 3.61. The Bertz CT molecular complexity index is 247. The highest BCUT2D eigenvalue weighted by molar-refractivity contribution is 5.77. The number of hydrogen-bond acceptors (Lipinski definition) is 2. The molecule has 10 heavy (non-hydrogen) atoms. The van der Waals surface area contributed by atoms with E-state index in [9.17, 15) is 0 Å². The Kier molecular flexibility index (Phi) is 1.99. The maximum atomic E-state index is 3.91. The Balaban J connectivity index is 3.00. The molecule has 52 valence electrons. The van der Waals surface area contributed by atoms with Crippen molar-refractivity contribution in [3.05, 3.63) is 24.8 Å². The Morgan fingerprint density at radius 3 is 3.20 bits per heavy atom. The molecule has 0 aromatic carbocycles. The molecule has 0 N–H and O–H groups in total. The van der Waals surface area contributed by atoms with Crippen LogP contribution < -0.4 is 0 Å². The molecule has 0 spiro atoms. The van der Waals surface area contributed by atoms with E-state index in [1.807, 2.05) is 0 Å². The van der Waals surface area contributed by atoms with E-state index in [1.54, 1.807) is 36.6 Å². The summed E-state index contributed by atoms with van der Waals surface area (Å²) in [5, 5.41) is 0. The third kappa shape index (κ3) is 1.13. The number of hydrogen-bond donors (Lipinski definition) is 0. The molecule has 0 bridgehead atoms. The van der Waals surface area contributed by atoms with E-state index in [0.717, 1.165) is 5.69 Å². The van der Waals surface area contributed by atoms with Crippen molar-refractivity contribution in [1.29, 1.82) is 0 Å². The summed E-state index contributed by atoms with van der Waals surface area (Å²) in [6, 6.07) is 0. The second kappa shape index (κ2) is 2.96. The molecule has 0 amide bonds. The highest BCUT2D eigenvalue weighted by atomic mass is 15.0. The minimum absolute atomic E-state index is 0.942. The van der Waals surface area contributed by atoms with Crippen LogP contribution in [0.15, 0.2) is 24.1 Å². The van der Waals surface area contributed by atoms with Crippen LogP contribution in [0.2, 0.25) is 0 Å². The SMILES string of the molecule is C=Cn1cncc1C=NC. The molecule has 1 rings (SSSR count). The number of imidazole rings is 1. The first-order valence-electron chi connectivity index (χ1n) is 2.95. The van der Waals surface area contributed by atoms with Gasteiger partial charge in [0, 0.05) is 19.5 Å². The van der Waals surface area contributed by atoms with Gasteiger partial charge < -0.3 is 4.57 Å². The Morgan fingerprint density at radius 1 is 1.80 bits per heavy atom. The van der Waals surface area contributed by atoms with Crippen LogP contribution >= 0.6 is 0 Å². The van der Waals surface area contributed by atoms with Crippen LogP contribution in [0, 0.1) is 0 Å². The van der Waals surface area contributed by atoms with E-state index in [-0.39, 0.29) is 0 Å². The molecule has 0 atom stereocenters. The zero-order valence-corrected chi connectivity index (χ0v) is 5.86. The van der Waals surface area contributed by atoms with Gasteiger partial charge in [-0.05, 0) is 0 Å². The van der Waals surface area contributed by atoms with Crippen LogP contribution in [0.5, 0.6) is 0 Å². The van der Waals surface area contributed by atoms with Crippen LogP contribution in [0.3, 0.4) is 0 Å². The monoisotopic (exact) mass is 135 g/mol. The Labute approximate surface area is 59.7 Å². The number of nitrogens with zero attached hydrogens (tertiary/aromatic N) is 3. The zero-order valence-electron chi connectivity index (χ0n) is 5.86. The van der Waals surface area contributed by atoms with E-state index in [1.165, 1.54) is 0 Å². The number of rotatable bonds is 2. The van der Waals surface area contributed by atoms with E-state index < -0.39 is 0 Å². The van der Waals surface area contributed by atoms with Crippen molar-refractivity contribution in [3.8, 4) is 0 Å². The molecule has 1 aromatic rings. The van der Waals surface area contributed by atoms with Crippen molar-refractivity contribution in [2.45, 2.75) is 0 Å². The molecule has 0 saturated heterocycles. The average Bonchev–Trinajstić information content (AvgIpc) is 2.36. The van der Waals surface area contributed by atoms with Crippen molar-refractivity contribution >= 4 is 12.4 Å². The van der Waals surface area contributed by atoms with Gasteiger partial charge in [0.1, 0.15) is 0 Å². The van der Waals surface area contributed by atoms with Crippen molar-refractivity contribution in [3.63, 3.8) is 0 Å². The number of aliphatic imine (C=N–C) groups is 1. The van der Waals surface area contributed by atoms with Crippen LogP contribution in [0.4, 0.5) is 0 Å². The summed E-state index contributed by atoms with van der Waals surface area (Å²) in [5.41, 5.74) is 0.942. The van der Waals surface area contributed by atoms with E-state index in [0.29, 0.717) is 0 Å². The molecule has 3 heteroatoms. The van der Waals surface area contributed by atoms with Gasteiger partial charge in [-0.3, -0.25) is 4.99 Å². The van der Waals surface area contributed by atoms with Crippen LogP contribution in [0.1, 0.15) is 5.69 Å². The largest absolute Gasteiger partial charge is 0.305 e. The molecule has 3 nitrogen and oxygen atoms in total. The topological polar surface area (TPSA) is 30.2 Å². The second-order valence-corrected chi connectivity index (χ2v) is 1.80. The highest BCUT2D eigenvalue weighted by Crippen LogP contribution is 1.94. The molecule has 0 fully saturated rings. The summed E-state index contributed by atoms with van der Waals surface area (Å²) in [5.74, 6) is 0. The molecule has 0 aliphatic rings. The maximum Gasteiger partial charge on any atom is 0.0992 e. The summed E-state index contributed by atoms with van der Waals surface area (Å²) in [4.78, 5) is 7.77. The first-order valence-corrected chi connectivity index (χ1v) is 2.95. The lowest BCUT2D eigenvalue weighted by Crippen LogP contribution is -1.89. The van der Waals surface area contributed by atoms with Crippen LogP contribution in [-0.4, -0.2) is 22.8 Å². The van der Waals surface area contributed by atoms with Crippen molar-refractivity contribution in [2.75, 3.05) is 7.05 Å². The molecular formula is C7H9N3. The maximum absolute atomic E-state index is 3.91. The predicted octanol–water partition coefficient (Wildman–Crippen LogP) is 1.03. The minimum atomic E-state index is 0.942. The van der Waals surface area contributed by atoms with E-state index in [4.69, 9.17) is 0 Å². The van der Waals surface area contributed by atoms with Crippen molar-refractivity contribution in [2.24, 2.45) is 4.99 Å². The lowest BCUT2D eigenvalue weighted by atomic mass is 10.5. The van der Waals surface area contributed by atoms with Gasteiger partial charge in [0.05, 0.1) is 18.2 Å². The van der Waals surface area contributed by atoms with Gasteiger partial charge >= 0.3 is 0 Å². The lowest BCUT2D eigenvalue weighted by molar-refractivity contribution is 1.13. The summed E-state index contributed by atoms with van der Waals surface area (Å²) < 4.78 is 1.80. The van der Waals surface area contributed by atoms with Gasteiger partial charge in [-0.2, -0.15) is 0 Å². The van der Waals surface area contributed by atoms with Crippen LogP contribution in [0.25, 0.3) is 6.20 Å². The van der Waals surface area contributed by atoms with E-state index in [2.05, 4.69) is 16.6 Å². The fourth-order valence-electron chi connectivity index (χ4n) is 0.700. The molecule has 0 aliphatic heterocycles. The standard InChI is InChI=1S/C7H9N3/c1-3-10-6-9-5-7(10)4-8-2/h3-6H,1H2,2H3. The molecule has 0 radical (unpaired) electrons. The minimum Gasteiger partial charge on any atom is -0.305 e. The number of aromatic nitrogens is 2. The predicted molar refractivity (Wildman–Crippen MR) is 42.1 cm³/mol. The second-order valence-electron chi connectivity index (χ2n) is 1.80. The molecule has 0 saturated carbocycles. The smallest absolute Gasteiger partial charge is 0.0992 e. The quantitative estimate of drug-likeness (QED) is 0.557. The molecular weight excluding hydrogens is 126 g/mol. The molecule has 1 heterocycles. The van der Waals surface area contributed by atoms with Gasteiger partial charge in [0.2, 0.25) is 0 Å². The van der Waals surface area contributed by atoms with Crippen molar-refractivity contribution in [1.82, 2.24) is 9.55 Å². The lowest BCUT2D eigenvalue weighted by Gasteiger charge is -1.91. The summed E-state index contributed by atoms with van der Waals surface area (Å²) in [6.07, 6.45) is 6.83. The third-order valence-corrected chi connectivity index (χ3v) is 1.15. The van der Waals surface area contributed by atoms with Gasteiger partial charge in [-0.25, -0.2) is 4.98 Å². The fraction of sp³-hybridized carbons (Fsp3) is 0.143. The van der Waals surface area contributed by atoms with Crippen molar-refractivity contribution < 1.29 is 0 Å². The van der Waals surface area contributed by atoms with E-state index >= 15 is 0 Å². The van der Waals surface area contributed by atoms with Gasteiger partial charge in [0.15, 0.2) is 0 Å². The molecule has 0 aliphatic carbocycles. The van der Waals surface area contributed by atoms with Gasteiger partial charge in [-0.15, -0.1) is 0 Å². The zero-order chi connectivity index (χ0) is 7.40. The Morgan fingerprint density at radius 2 is 2.60 bits per heavy atom. The van der Waals surface area contributed by atoms with Gasteiger partial charge in [0.25, 0.3) is 0 Å². The average molecular weight is 135 g/mol. The van der Waals surface area contributed by atoms with Crippen LogP contribution in [-0.2, 0) is 0 Å². The molecule has 1 aromatic heterocycles. The molecule has 0 unspecified atom stereocenters. The third-order valence-electron chi connectivity index (χ3n) is 1.15. The summed E-state index contributed by atoms with van der Waals surface area (Å²) in [7, 11) is 1.72. The Hall–Kier alpha value is -1.38. The summed E-state index contributed by atoms with van der Waals surface area (Å²) >= 11 is 0.